The highest BCUT2D eigenvalue weighted by molar-refractivity contribution is 6.15. The Kier molecular flexibility index (Phi) is 5.44. The summed E-state index contributed by atoms with van der Waals surface area (Å²) in [7, 11) is 4.64. The van der Waals surface area contributed by atoms with E-state index in [1.54, 1.807) is 26.4 Å². The van der Waals surface area contributed by atoms with Crippen molar-refractivity contribution in [1.82, 2.24) is 0 Å². The number of hydrogen-bond donors (Lipinski definition) is 0. The number of hydrogen-bond acceptors (Lipinski definition) is 5. The quantitative estimate of drug-likeness (QED) is 0.320. The molecule has 4 aromatic carbocycles. The molecular weight excluding hydrogens is 380 g/mol. The highest BCUT2D eigenvalue weighted by Gasteiger charge is 2.19. The lowest BCUT2D eigenvalue weighted by Gasteiger charge is -2.16. The van der Waals surface area contributed by atoms with Gasteiger partial charge in [0.15, 0.2) is 11.5 Å². The van der Waals surface area contributed by atoms with Crippen molar-refractivity contribution in [2.24, 2.45) is 0 Å². The van der Waals surface area contributed by atoms with Crippen LogP contribution in [0.1, 0.15) is 15.9 Å². The van der Waals surface area contributed by atoms with Crippen molar-refractivity contribution < 1.29 is 23.7 Å². The largest absolute Gasteiger partial charge is 0.493 e. The van der Waals surface area contributed by atoms with Gasteiger partial charge in [-0.05, 0) is 39.7 Å². The minimum atomic E-state index is -0.395. The van der Waals surface area contributed by atoms with Crippen molar-refractivity contribution in [2.75, 3.05) is 21.3 Å². The van der Waals surface area contributed by atoms with Gasteiger partial charge in [-0.25, -0.2) is 4.79 Å². The molecule has 0 spiro atoms. The number of rotatable bonds is 6. The van der Waals surface area contributed by atoms with Gasteiger partial charge in [-0.3, -0.25) is 0 Å². The van der Waals surface area contributed by atoms with E-state index in [1.165, 1.54) is 7.11 Å². The highest BCUT2D eigenvalue weighted by Crippen LogP contribution is 2.40. The number of benzene rings is 4. The third-order valence-electron chi connectivity index (χ3n) is 5.13. The van der Waals surface area contributed by atoms with E-state index in [0.717, 1.165) is 21.5 Å². The van der Waals surface area contributed by atoms with E-state index in [2.05, 4.69) is 6.07 Å². The molecule has 0 aliphatic rings. The zero-order chi connectivity index (χ0) is 21.1. The van der Waals surface area contributed by atoms with E-state index in [1.807, 2.05) is 48.5 Å². The Bertz CT molecular complexity index is 1230. The van der Waals surface area contributed by atoms with Crippen molar-refractivity contribution in [3.05, 3.63) is 77.9 Å². The first-order valence-electron chi connectivity index (χ1n) is 9.53. The summed E-state index contributed by atoms with van der Waals surface area (Å²) >= 11 is 0. The summed E-state index contributed by atoms with van der Waals surface area (Å²) in [4.78, 5) is 13.0. The number of carbonyl (C=O) groups excluding carboxylic acids is 1. The van der Waals surface area contributed by atoms with Gasteiger partial charge in [0.05, 0.1) is 26.9 Å². The van der Waals surface area contributed by atoms with Crippen molar-refractivity contribution in [1.29, 1.82) is 0 Å². The van der Waals surface area contributed by atoms with Crippen LogP contribution in [0.3, 0.4) is 0 Å². The first-order chi connectivity index (χ1) is 14.7. The molecule has 5 nitrogen and oxygen atoms in total. The molecule has 4 rings (SSSR count). The average Bonchev–Trinajstić information content (AvgIpc) is 2.81. The van der Waals surface area contributed by atoms with Crippen LogP contribution in [0.5, 0.6) is 17.2 Å². The van der Waals surface area contributed by atoms with Crippen molar-refractivity contribution in [3.63, 3.8) is 0 Å². The van der Waals surface area contributed by atoms with Gasteiger partial charge in [0, 0.05) is 5.56 Å². The zero-order valence-electron chi connectivity index (χ0n) is 17.1. The lowest BCUT2D eigenvalue weighted by Crippen LogP contribution is -2.08. The van der Waals surface area contributed by atoms with Crippen molar-refractivity contribution >= 4 is 27.5 Å². The summed E-state index contributed by atoms with van der Waals surface area (Å²) in [5.74, 6) is 1.09. The molecule has 0 heterocycles. The fourth-order valence-electron chi connectivity index (χ4n) is 3.72. The van der Waals surface area contributed by atoms with Crippen LogP contribution in [-0.2, 0) is 11.3 Å². The molecule has 0 aliphatic heterocycles. The Morgan fingerprint density at radius 3 is 2.10 bits per heavy atom. The van der Waals surface area contributed by atoms with E-state index < -0.39 is 5.97 Å². The van der Waals surface area contributed by atoms with Crippen LogP contribution in [0.2, 0.25) is 0 Å². The first-order valence-corrected chi connectivity index (χ1v) is 9.53. The lowest BCUT2D eigenvalue weighted by atomic mass is 9.97. The van der Waals surface area contributed by atoms with Crippen LogP contribution in [0.4, 0.5) is 0 Å². The molecule has 152 valence electrons. The highest BCUT2D eigenvalue weighted by atomic mass is 16.5. The average molecular weight is 402 g/mol. The van der Waals surface area contributed by atoms with Gasteiger partial charge in [0.2, 0.25) is 5.75 Å². The van der Waals surface area contributed by atoms with Crippen LogP contribution >= 0.6 is 0 Å². The summed E-state index contributed by atoms with van der Waals surface area (Å²) in [6.45, 7) is 0.0452. The fraction of sp³-hybridized carbons (Fsp3) is 0.160. The third kappa shape index (κ3) is 3.39. The summed E-state index contributed by atoms with van der Waals surface area (Å²) in [5, 5.41) is 3.98. The van der Waals surface area contributed by atoms with Crippen LogP contribution in [0.15, 0.2) is 66.7 Å². The standard InChI is InChI=1S/C25H22O5/c1-27-22-13-12-17(23(28-2)24(22)29-3)15-30-25(26)21-14-16-8-4-5-9-18(16)19-10-6-7-11-20(19)21/h4-14H,15H2,1-3H3. The van der Waals surface area contributed by atoms with Crippen molar-refractivity contribution in [2.45, 2.75) is 6.61 Å². The topological polar surface area (TPSA) is 54.0 Å². The maximum absolute atomic E-state index is 13.0. The smallest absolute Gasteiger partial charge is 0.339 e. The molecule has 0 aliphatic carbocycles. The molecular formula is C25H22O5. The second-order valence-electron chi connectivity index (χ2n) is 6.76. The van der Waals surface area contributed by atoms with Gasteiger partial charge in [0.1, 0.15) is 6.61 Å². The molecule has 0 radical (unpaired) electrons. The van der Waals surface area contributed by atoms with Crippen LogP contribution in [0.25, 0.3) is 21.5 Å². The second-order valence-corrected chi connectivity index (χ2v) is 6.76. The molecule has 30 heavy (non-hydrogen) atoms. The molecule has 5 heteroatoms. The van der Waals surface area contributed by atoms with Gasteiger partial charge in [-0.2, -0.15) is 0 Å². The Morgan fingerprint density at radius 1 is 0.733 bits per heavy atom. The summed E-state index contributed by atoms with van der Waals surface area (Å²) in [5.41, 5.74) is 1.22. The predicted molar refractivity (Wildman–Crippen MR) is 117 cm³/mol. The molecule has 0 saturated heterocycles. The maximum Gasteiger partial charge on any atom is 0.339 e. The monoisotopic (exact) mass is 402 g/mol. The zero-order valence-corrected chi connectivity index (χ0v) is 17.1. The van der Waals surface area contributed by atoms with E-state index in [-0.39, 0.29) is 6.61 Å². The minimum absolute atomic E-state index is 0.0452. The first kappa shape index (κ1) is 19.6. The number of fused-ring (bicyclic) bond motifs is 3. The predicted octanol–water partition coefficient (Wildman–Crippen LogP) is 5.38. The second kappa shape index (κ2) is 8.33. The normalized spacial score (nSPS) is 10.8. The minimum Gasteiger partial charge on any atom is -0.493 e. The summed E-state index contributed by atoms with van der Waals surface area (Å²) in [6.07, 6.45) is 0. The Hall–Kier alpha value is -3.73. The van der Waals surface area contributed by atoms with Gasteiger partial charge in [-0.1, -0.05) is 48.5 Å². The lowest BCUT2D eigenvalue weighted by molar-refractivity contribution is 0.0472. The molecule has 0 fully saturated rings. The molecule has 4 aromatic rings. The number of carbonyl (C=O) groups is 1. The Balaban J connectivity index is 1.69. The van der Waals surface area contributed by atoms with Gasteiger partial charge in [0.25, 0.3) is 0 Å². The third-order valence-corrected chi connectivity index (χ3v) is 5.13. The number of methoxy groups -OCH3 is 3. The van der Waals surface area contributed by atoms with Crippen LogP contribution in [-0.4, -0.2) is 27.3 Å². The van der Waals surface area contributed by atoms with Gasteiger partial charge < -0.3 is 18.9 Å². The molecule has 0 aromatic heterocycles. The van der Waals surface area contributed by atoms with E-state index >= 15 is 0 Å². The van der Waals surface area contributed by atoms with E-state index in [0.29, 0.717) is 28.4 Å². The maximum atomic E-state index is 13.0. The van der Waals surface area contributed by atoms with Gasteiger partial charge in [-0.15, -0.1) is 0 Å². The molecule has 0 unspecified atom stereocenters. The van der Waals surface area contributed by atoms with Crippen LogP contribution < -0.4 is 14.2 Å². The summed E-state index contributed by atoms with van der Waals surface area (Å²) in [6, 6.07) is 21.3. The Labute approximate surface area is 174 Å². The molecule has 0 N–H and O–H groups in total. The summed E-state index contributed by atoms with van der Waals surface area (Å²) < 4.78 is 21.9. The molecule has 0 saturated carbocycles. The fourth-order valence-corrected chi connectivity index (χ4v) is 3.72. The number of ether oxygens (including phenoxy) is 4. The molecule has 0 bridgehead atoms. The van der Waals surface area contributed by atoms with Crippen molar-refractivity contribution in [3.8, 4) is 17.2 Å². The van der Waals surface area contributed by atoms with E-state index in [9.17, 15) is 4.79 Å². The number of esters is 1. The Morgan fingerprint density at radius 2 is 1.40 bits per heavy atom. The SMILES string of the molecule is COc1ccc(COC(=O)c2cc3ccccc3c3ccccc23)c(OC)c1OC. The van der Waals surface area contributed by atoms with Gasteiger partial charge >= 0.3 is 5.97 Å². The van der Waals surface area contributed by atoms with Crippen LogP contribution in [0, 0.1) is 0 Å². The van der Waals surface area contributed by atoms with E-state index in [4.69, 9.17) is 18.9 Å². The molecule has 0 amide bonds. The molecule has 0 atom stereocenters.